The summed E-state index contributed by atoms with van der Waals surface area (Å²) in [4.78, 5) is 16.8. The summed E-state index contributed by atoms with van der Waals surface area (Å²) in [6.45, 7) is 5.55. The number of nitrogens with one attached hydrogen (secondary N) is 1. The van der Waals surface area contributed by atoms with Crippen LogP contribution in [0.4, 0.5) is 0 Å². The Morgan fingerprint density at radius 3 is 2.48 bits per heavy atom. The minimum Gasteiger partial charge on any atom is -0.506 e. The second kappa shape index (κ2) is 11.7. The molecule has 0 aliphatic heterocycles. The normalized spacial score (nSPS) is 12.7. The number of nitrogens with two attached hydrogens (primary N) is 1. The highest BCUT2D eigenvalue weighted by Crippen LogP contribution is 2.38. The summed E-state index contributed by atoms with van der Waals surface area (Å²) in [6, 6.07) is 15.7. The third-order valence-electron chi connectivity index (χ3n) is 4.80. The van der Waals surface area contributed by atoms with Crippen molar-refractivity contribution in [3.63, 3.8) is 0 Å². The summed E-state index contributed by atoms with van der Waals surface area (Å²) >= 11 is 0. The van der Waals surface area contributed by atoms with Crippen molar-refractivity contribution in [3.8, 4) is 17.2 Å². The van der Waals surface area contributed by atoms with E-state index in [0.717, 1.165) is 5.56 Å². The lowest BCUT2D eigenvalue weighted by Crippen LogP contribution is -2.35. The molecule has 3 aromatic rings. The molecule has 0 saturated carbocycles. The van der Waals surface area contributed by atoms with Crippen molar-refractivity contribution in [2.75, 3.05) is 0 Å². The van der Waals surface area contributed by atoms with Crippen LogP contribution in [0.1, 0.15) is 29.3 Å². The number of esters is 1. The Morgan fingerprint density at radius 2 is 1.82 bits per heavy atom. The third-order valence-corrected chi connectivity index (χ3v) is 6.13. The van der Waals surface area contributed by atoms with E-state index in [-0.39, 0.29) is 18.9 Å². The van der Waals surface area contributed by atoms with Crippen LogP contribution in [0, 0.1) is 13.8 Å². The number of ether oxygens (including phenoxy) is 1. The average molecular weight is 469 g/mol. The first kappa shape index (κ1) is 24.6. The van der Waals surface area contributed by atoms with Crippen molar-refractivity contribution in [1.82, 2.24) is 10.1 Å². The van der Waals surface area contributed by atoms with Crippen LogP contribution in [0.15, 0.2) is 60.8 Å². The van der Waals surface area contributed by atoms with Crippen molar-refractivity contribution in [3.05, 3.63) is 83.2 Å². The van der Waals surface area contributed by atoms with Gasteiger partial charge in [-0.1, -0.05) is 35.9 Å². The zero-order chi connectivity index (χ0) is 23.8. The molecule has 3 rings (SSSR count). The SMILES string of the molecule is Cc1ccc(OC(=O)[C@H](C)NP(OCc2cnc(C)c(O)c2CN)Oc2ccccc2)cc1. The van der Waals surface area contributed by atoms with Gasteiger partial charge < -0.3 is 24.6 Å². The molecule has 0 aliphatic carbocycles. The van der Waals surface area contributed by atoms with Gasteiger partial charge in [0, 0.05) is 23.9 Å². The van der Waals surface area contributed by atoms with E-state index in [1.807, 2.05) is 37.3 Å². The number of pyridine rings is 1. The maximum absolute atomic E-state index is 12.6. The predicted octanol–water partition coefficient (Wildman–Crippen LogP) is 4.27. The van der Waals surface area contributed by atoms with E-state index < -0.39 is 20.5 Å². The molecule has 0 aliphatic rings. The molecule has 4 N–H and O–H groups in total. The van der Waals surface area contributed by atoms with Crippen LogP contribution < -0.4 is 20.1 Å². The Bertz CT molecular complexity index is 1060. The molecule has 9 heteroatoms. The van der Waals surface area contributed by atoms with Gasteiger partial charge >= 0.3 is 14.5 Å². The lowest BCUT2D eigenvalue weighted by atomic mass is 10.1. The van der Waals surface area contributed by atoms with Crippen LogP contribution in [0.3, 0.4) is 0 Å². The molecular weight excluding hydrogens is 441 g/mol. The van der Waals surface area contributed by atoms with Gasteiger partial charge in [-0.05, 0) is 45.0 Å². The first-order valence-electron chi connectivity index (χ1n) is 10.4. The zero-order valence-electron chi connectivity index (χ0n) is 18.8. The number of benzene rings is 2. The number of aromatic nitrogens is 1. The summed E-state index contributed by atoms with van der Waals surface area (Å²) in [6.07, 6.45) is 1.61. The van der Waals surface area contributed by atoms with E-state index >= 15 is 0 Å². The molecule has 1 unspecified atom stereocenters. The second-order valence-electron chi connectivity index (χ2n) is 7.42. The molecular formula is C24H28N3O5P. The van der Waals surface area contributed by atoms with Gasteiger partial charge in [0.05, 0.1) is 12.3 Å². The van der Waals surface area contributed by atoms with Gasteiger partial charge in [0.1, 0.15) is 23.3 Å². The number of nitrogens with zero attached hydrogens (tertiary/aromatic N) is 1. The van der Waals surface area contributed by atoms with Crippen LogP contribution in [0.5, 0.6) is 17.2 Å². The van der Waals surface area contributed by atoms with Gasteiger partial charge in [-0.2, -0.15) is 0 Å². The molecule has 174 valence electrons. The summed E-state index contributed by atoms with van der Waals surface area (Å²) in [5.74, 6) is 0.625. The molecule has 0 fully saturated rings. The fourth-order valence-electron chi connectivity index (χ4n) is 2.85. The van der Waals surface area contributed by atoms with Gasteiger partial charge in [0.25, 0.3) is 0 Å². The minimum absolute atomic E-state index is 0.0508. The van der Waals surface area contributed by atoms with E-state index in [2.05, 4.69) is 10.1 Å². The summed E-state index contributed by atoms with van der Waals surface area (Å²) in [5.41, 5.74) is 8.57. The van der Waals surface area contributed by atoms with Crippen molar-refractivity contribution in [2.24, 2.45) is 5.73 Å². The topological polar surface area (TPSA) is 116 Å². The molecule has 8 nitrogen and oxygen atoms in total. The van der Waals surface area contributed by atoms with E-state index in [1.54, 1.807) is 44.3 Å². The molecule has 0 bridgehead atoms. The van der Waals surface area contributed by atoms with E-state index in [9.17, 15) is 9.90 Å². The number of hydrogen-bond acceptors (Lipinski definition) is 8. The first-order chi connectivity index (χ1) is 15.9. The van der Waals surface area contributed by atoms with Gasteiger partial charge in [0.15, 0.2) is 0 Å². The van der Waals surface area contributed by atoms with E-state index in [4.69, 9.17) is 19.5 Å². The van der Waals surface area contributed by atoms with Crippen molar-refractivity contribution in [1.29, 1.82) is 0 Å². The molecule has 1 aromatic heterocycles. The number of hydrogen-bond donors (Lipinski definition) is 3. The maximum Gasteiger partial charge on any atom is 0.328 e. The Hall–Kier alpha value is -3.03. The molecule has 0 saturated heterocycles. The van der Waals surface area contributed by atoms with Gasteiger partial charge in [-0.15, -0.1) is 0 Å². The van der Waals surface area contributed by atoms with Crippen LogP contribution in [-0.2, 0) is 22.5 Å². The highest BCUT2D eigenvalue weighted by atomic mass is 31.2. The van der Waals surface area contributed by atoms with Crippen molar-refractivity contribution in [2.45, 2.75) is 40.0 Å². The number of rotatable bonds is 10. The molecule has 2 atom stereocenters. The molecule has 1 heterocycles. The minimum atomic E-state index is -1.75. The highest BCUT2D eigenvalue weighted by Gasteiger charge is 2.24. The number of aryl methyl sites for hydroxylation is 2. The van der Waals surface area contributed by atoms with Crippen LogP contribution in [0.25, 0.3) is 0 Å². The molecule has 33 heavy (non-hydrogen) atoms. The number of aromatic hydroxyl groups is 1. The fourth-order valence-corrected chi connectivity index (χ4v) is 4.02. The fraction of sp³-hybridized carbons (Fsp3) is 0.250. The first-order valence-corrected chi connectivity index (χ1v) is 11.6. The second-order valence-corrected chi connectivity index (χ2v) is 8.63. The van der Waals surface area contributed by atoms with Crippen molar-refractivity contribution >= 4 is 14.5 Å². The third kappa shape index (κ3) is 6.97. The van der Waals surface area contributed by atoms with Gasteiger partial charge in [0.2, 0.25) is 0 Å². The van der Waals surface area contributed by atoms with E-state index in [1.165, 1.54) is 0 Å². The molecule has 0 radical (unpaired) electrons. The molecule has 0 spiro atoms. The maximum atomic E-state index is 12.6. The van der Waals surface area contributed by atoms with Gasteiger partial charge in [-0.3, -0.25) is 4.98 Å². The number of carbonyl (C=O) groups excluding carboxylic acids is 1. The molecule has 2 aromatic carbocycles. The Labute approximate surface area is 194 Å². The Balaban J connectivity index is 1.70. The highest BCUT2D eigenvalue weighted by molar-refractivity contribution is 7.45. The Kier molecular flexibility index (Phi) is 8.74. The predicted molar refractivity (Wildman–Crippen MR) is 127 cm³/mol. The monoisotopic (exact) mass is 469 g/mol. The number of para-hydroxylation sites is 1. The molecule has 0 amide bonds. The average Bonchev–Trinajstić information content (AvgIpc) is 2.81. The lowest BCUT2D eigenvalue weighted by Gasteiger charge is -2.22. The van der Waals surface area contributed by atoms with Gasteiger partial charge in [-0.25, -0.2) is 9.88 Å². The van der Waals surface area contributed by atoms with Crippen LogP contribution >= 0.6 is 8.53 Å². The quantitative estimate of drug-likeness (QED) is 0.229. The largest absolute Gasteiger partial charge is 0.506 e. The van der Waals surface area contributed by atoms with Crippen molar-refractivity contribution < 1.29 is 23.7 Å². The van der Waals surface area contributed by atoms with Crippen LogP contribution in [-0.4, -0.2) is 22.1 Å². The Morgan fingerprint density at radius 1 is 1.12 bits per heavy atom. The lowest BCUT2D eigenvalue weighted by molar-refractivity contribution is -0.135. The van der Waals surface area contributed by atoms with Crippen LogP contribution in [0.2, 0.25) is 0 Å². The summed E-state index contributed by atoms with van der Waals surface area (Å²) in [7, 11) is -1.75. The number of carbonyl (C=O) groups is 1. The standard InChI is InChI=1S/C24H28N3O5P/c1-16-9-11-20(12-10-16)31-24(29)18(3)27-33(32-21-7-5-4-6-8-21)30-15-19-14-26-17(2)23(28)22(19)13-25/h4-12,14,18,27-28H,13,15,25H2,1-3H3/t18-,33?/m0/s1. The summed E-state index contributed by atoms with van der Waals surface area (Å²) in [5, 5.41) is 13.3. The summed E-state index contributed by atoms with van der Waals surface area (Å²) < 4.78 is 17.4. The van der Waals surface area contributed by atoms with E-state index in [0.29, 0.717) is 28.3 Å². The smallest absolute Gasteiger partial charge is 0.328 e. The zero-order valence-corrected chi connectivity index (χ0v) is 19.7.